The van der Waals surface area contributed by atoms with Gasteiger partial charge in [0, 0.05) is 5.56 Å². The van der Waals surface area contributed by atoms with E-state index in [0.29, 0.717) is 30.0 Å². The predicted octanol–water partition coefficient (Wildman–Crippen LogP) is 3.53. The molecule has 3 aliphatic rings. The number of anilines is 1. The Labute approximate surface area is 181 Å². The average Bonchev–Trinajstić information content (AvgIpc) is 3.66. The molecule has 1 saturated carbocycles. The summed E-state index contributed by atoms with van der Waals surface area (Å²) >= 11 is 0. The monoisotopic (exact) mass is 415 g/mol. The third kappa shape index (κ3) is 3.85. The van der Waals surface area contributed by atoms with Gasteiger partial charge in [0.2, 0.25) is 11.8 Å². The fourth-order valence-corrected chi connectivity index (χ4v) is 4.56. The third-order valence-electron chi connectivity index (χ3n) is 6.43. The van der Waals surface area contributed by atoms with Crippen LogP contribution in [0.15, 0.2) is 66.7 Å². The number of carbonyl (C=O) groups excluding carboxylic acids is 3. The normalized spacial score (nSPS) is 23.7. The van der Waals surface area contributed by atoms with Gasteiger partial charge in [0.25, 0.3) is 5.91 Å². The molecular formula is C25H25N3O3. The summed E-state index contributed by atoms with van der Waals surface area (Å²) in [4.78, 5) is 38.6. The fourth-order valence-electron chi connectivity index (χ4n) is 4.56. The van der Waals surface area contributed by atoms with Crippen LogP contribution in [0.2, 0.25) is 0 Å². The van der Waals surface area contributed by atoms with Gasteiger partial charge in [-0.25, -0.2) is 5.01 Å². The summed E-state index contributed by atoms with van der Waals surface area (Å²) in [5.74, 6) is -0.682. The molecule has 0 aromatic heterocycles. The lowest BCUT2D eigenvalue weighted by atomic mass is 9.80. The van der Waals surface area contributed by atoms with E-state index in [-0.39, 0.29) is 35.6 Å². The molecule has 0 bridgehead atoms. The molecule has 2 aliphatic carbocycles. The van der Waals surface area contributed by atoms with Gasteiger partial charge in [-0.05, 0) is 55.4 Å². The topological polar surface area (TPSA) is 78.5 Å². The minimum absolute atomic E-state index is 0.0246. The second-order valence-corrected chi connectivity index (χ2v) is 8.56. The molecule has 0 spiro atoms. The number of hydrogen-bond acceptors (Lipinski definition) is 3. The van der Waals surface area contributed by atoms with Gasteiger partial charge < -0.3 is 5.32 Å². The maximum atomic E-state index is 13.1. The highest BCUT2D eigenvalue weighted by Crippen LogP contribution is 2.41. The number of amides is 3. The number of nitrogens with zero attached hydrogens (tertiary/aromatic N) is 1. The maximum absolute atomic E-state index is 13.1. The highest BCUT2D eigenvalue weighted by molar-refractivity contribution is 6.05. The number of benzene rings is 2. The number of fused-ring (bicyclic) bond motifs is 1. The second-order valence-electron chi connectivity index (χ2n) is 8.56. The Balaban J connectivity index is 1.36. The van der Waals surface area contributed by atoms with Crippen LogP contribution >= 0.6 is 0 Å². The van der Waals surface area contributed by atoms with E-state index in [1.54, 1.807) is 24.3 Å². The predicted molar refractivity (Wildman–Crippen MR) is 117 cm³/mol. The van der Waals surface area contributed by atoms with E-state index < -0.39 is 0 Å². The summed E-state index contributed by atoms with van der Waals surface area (Å²) in [6, 6.07) is 16.9. The van der Waals surface area contributed by atoms with Crippen molar-refractivity contribution >= 4 is 23.4 Å². The van der Waals surface area contributed by atoms with Crippen molar-refractivity contribution in [3.8, 4) is 0 Å². The van der Waals surface area contributed by atoms with Crippen molar-refractivity contribution in [1.82, 2.24) is 10.7 Å². The van der Waals surface area contributed by atoms with Crippen LogP contribution in [0.5, 0.6) is 0 Å². The SMILES string of the molecule is O=C(N[C@H](c1ccccc1)C1CC1)c1cccc(N2NC(=O)[C@@H]3CC=CC[C@@H]3C2=O)c1. The lowest BCUT2D eigenvalue weighted by Gasteiger charge is -2.38. The molecule has 1 saturated heterocycles. The first-order valence-electron chi connectivity index (χ1n) is 10.9. The molecule has 158 valence electrons. The molecule has 0 unspecified atom stereocenters. The zero-order valence-corrected chi connectivity index (χ0v) is 17.2. The Hall–Kier alpha value is -3.41. The van der Waals surface area contributed by atoms with Crippen LogP contribution in [-0.2, 0) is 9.59 Å². The Bertz CT molecular complexity index is 1040. The summed E-state index contributed by atoms with van der Waals surface area (Å²) in [5, 5.41) is 4.47. The van der Waals surface area contributed by atoms with Crippen molar-refractivity contribution in [2.45, 2.75) is 31.7 Å². The molecular weight excluding hydrogens is 390 g/mol. The summed E-state index contributed by atoms with van der Waals surface area (Å²) < 4.78 is 0. The number of rotatable bonds is 5. The van der Waals surface area contributed by atoms with Gasteiger partial charge in [-0.2, -0.15) is 0 Å². The van der Waals surface area contributed by atoms with Gasteiger partial charge >= 0.3 is 0 Å². The van der Waals surface area contributed by atoms with Gasteiger partial charge in [-0.1, -0.05) is 48.6 Å². The summed E-state index contributed by atoms with van der Waals surface area (Å²) in [6.07, 6.45) is 7.27. The smallest absolute Gasteiger partial charge is 0.251 e. The van der Waals surface area contributed by atoms with Crippen molar-refractivity contribution in [1.29, 1.82) is 0 Å². The van der Waals surface area contributed by atoms with Crippen LogP contribution in [0.1, 0.15) is 47.6 Å². The molecule has 6 nitrogen and oxygen atoms in total. The first-order valence-corrected chi connectivity index (χ1v) is 10.9. The maximum Gasteiger partial charge on any atom is 0.251 e. The lowest BCUT2D eigenvalue weighted by molar-refractivity contribution is -0.139. The van der Waals surface area contributed by atoms with E-state index in [9.17, 15) is 14.4 Å². The van der Waals surface area contributed by atoms with Gasteiger partial charge in [0.15, 0.2) is 0 Å². The van der Waals surface area contributed by atoms with E-state index in [1.165, 1.54) is 5.01 Å². The zero-order chi connectivity index (χ0) is 21.4. The van der Waals surface area contributed by atoms with Crippen molar-refractivity contribution in [2.24, 2.45) is 17.8 Å². The molecule has 1 aliphatic heterocycles. The van der Waals surface area contributed by atoms with E-state index in [1.807, 2.05) is 42.5 Å². The molecule has 6 heteroatoms. The van der Waals surface area contributed by atoms with Gasteiger partial charge in [-0.15, -0.1) is 0 Å². The van der Waals surface area contributed by atoms with Crippen LogP contribution in [0.25, 0.3) is 0 Å². The highest BCUT2D eigenvalue weighted by atomic mass is 16.2. The van der Waals surface area contributed by atoms with Gasteiger partial charge in [-0.3, -0.25) is 19.8 Å². The molecule has 3 amide bonds. The molecule has 2 N–H and O–H groups in total. The number of carbonyl (C=O) groups is 3. The third-order valence-corrected chi connectivity index (χ3v) is 6.43. The largest absolute Gasteiger partial charge is 0.345 e. The minimum atomic E-state index is -0.353. The van der Waals surface area contributed by atoms with E-state index in [2.05, 4.69) is 10.7 Å². The van der Waals surface area contributed by atoms with Crippen LogP contribution in [-0.4, -0.2) is 17.7 Å². The molecule has 5 rings (SSSR count). The van der Waals surface area contributed by atoms with Crippen LogP contribution in [0.4, 0.5) is 5.69 Å². The van der Waals surface area contributed by atoms with Crippen molar-refractivity contribution in [3.63, 3.8) is 0 Å². The average molecular weight is 415 g/mol. The van der Waals surface area contributed by atoms with E-state index in [0.717, 1.165) is 18.4 Å². The molecule has 1 heterocycles. The second kappa shape index (κ2) is 8.02. The van der Waals surface area contributed by atoms with Crippen LogP contribution < -0.4 is 15.8 Å². The Morgan fingerprint density at radius 2 is 1.71 bits per heavy atom. The first kappa shape index (κ1) is 19.5. The Morgan fingerprint density at radius 3 is 2.45 bits per heavy atom. The molecule has 31 heavy (non-hydrogen) atoms. The van der Waals surface area contributed by atoms with Crippen LogP contribution in [0, 0.1) is 17.8 Å². The van der Waals surface area contributed by atoms with Gasteiger partial charge in [0.05, 0.1) is 23.6 Å². The minimum Gasteiger partial charge on any atom is -0.345 e. The van der Waals surface area contributed by atoms with Crippen molar-refractivity contribution in [3.05, 3.63) is 77.9 Å². The van der Waals surface area contributed by atoms with Gasteiger partial charge in [0.1, 0.15) is 0 Å². The van der Waals surface area contributed by atoms with Crippen LogP contribution in [0.3, 0.4) is 0 Å². The molecule has 2 aromatic rings. The Morgan fingerprint density at radius 1 is 0.968 bits per heavy atom. The van der Waals surface area contributed by atoms with Crippen molar-refractivity contribution < 1.29 is 14.4 Å². The number of nitrogens with one attached hydrogen (secondary N) is 2. The number of allylic oxidation sites excluding steroid dienone is 2. The quantitative estimate of drug-likeness (QED) is 0.734. The summed E-state index contributed by atoms with van der Waals surface area (Å²) in [5.41, 5.74) is 4.79. The highest BCUT2D eigenvalue weighted by Gasteiger charge is 2.42. The standard InChI is InChI=1S/C25H25N3O3/c29-23(26-22(17-13-14-17)16-7-2-1-3-8-16)18-9-6-10-19(15-18)28-25(31)21-12-5-4-11-20(21)24(30)27-28/h1-10,15,17,20-22H,11-14H2,(H,26,29)(H,27,30)/t20-,21+,22-/m1/s1. The lowest BCUT2D eigenvalue weighted by Crippen LogP contribution is -2.59. The zero-order valence-electron chi connectivity index (χ0n) is 17.2. The summed E-state index contributed by atoms with van der Waals surface area (Å²) in [6.45, 7) is 0. The fraction of sp³-hybridized carbons (Fsp3) is 0.320. The Kier molecular flexibility index (Phi) is 5.06. The van der Waals surface area contributed by atoms with E-state index >= 15 is 0 Å². The molecule has 0 radical (unpaired) electrons. The molecule has 3 atom stereocenters. The van der Waals surface area contributed by atoms with E-state index in [4.69, 9.17) is 0 Å². The van der Waals surface area contributed by atoms with Crippen molar-refractivity contribution in [2.75, 3.05) is 5.01 Å². The molecule has 2 fully saturated rings. The summed E-state index contributed by atoms with van der Waals surface area (Å²) in [7, 11) is 0. The number of hydrazine groups is 1. The number of hydrogen-bond donors (Lipinski definition) is 2. The first-order chi connectivity index (χ1) is 15.1. The molecule has 2 aromatic carbocycles.